The van der Waals surface area contributed by atoms with E-state index in [1.165, 1.54) is 5.56 Å². The Morgan fingerprint density at radius 3 is 2.47 bits per heavy atom. The van der Waals surface area contributed by atoms with Crippen LogP contribution in [0.2, 0.25) is 0 Å². The second kappa shape index (κ2) is 6.97. The van der Waals surface area contributed by atoms with Gasteiger partial charge in [0.25, 0.3) is 0 Å². The molecule has 0 aliphatic heterocycles. The Bertz CT molecular complexity index is 331. The third-order valence-corrected chi connectivity index (χ3v) is 3.11. The Morgan fingerprint density at radius 1 is 1.35 bits per heavy atom. The molecule has 0 saturated heterocycles. The van der Waals surface area contributed by atoms with Gasteiger partial charge >= 0.3 is 0 Å². The monoisotopic (exact) mass is 256 g/mol. The Morgan fingerprint density at radius 2 is 2.00 bits per heavy atom. The van der Waals surface area contributed by atoms with Crippen molar-refractivity contribution in [2.75, 3.05) is 0 Å². The summed E-state index contributed by atoms with van der Waals surface area (Å²) in [5, 5.41) is 3.63. The number of hydrogen-bond acceptors (Lipinski definition) is 2. The topological polar surface area (TPSA) is 24.9 Å². The molecule has 1 rings (SSSR count). The van der Waals surface area contributed by atoms with Gasteiger partial charge in [0.15, 0.2) is 0 Å². The lowest BCUT2D eigenvalue weighted by Gasteiger charge is -2.31. The molecule has 1 aromatic heterocycles. The zero-order chi connectivity index (χ0) is 12.2. The largest absolute Gasteiger partial charge is 0.309 e. The second-order valence-electron chi connectivity index (χ2n) is 5.46. The number of halogens is 1. The first-order valence-corrected chi connectivity index (χ1v) is 6.09. The minimum atomic E-state index is 0. The molecule has 0 aliphatic rings. The third kappa shape index (κ3) is 5.05. The highest BCUT2D eigenvalue weighted by molar-refractivity contribution is 5.85. The molecule has 0 aromatic carbocycles. The lowest BCUT2D eigenvalue weighted by atomic mass is 9.85. The molecule has 1 atom stereocenters. The molecule has 0 radical (unpaired) electrons. The highest BCUT2D eigenvalue weighted by Gasteiger charge is 2.22. The molecule has 1 unspecified atom stereocenters. The molecular formula is C14H25ClN2. The summed E-state index contributed by atoms with van der Waals surface area (Å²) in [6, 6.07) is 4.69. The number of rotatable bonds is 4. The van der Waals surface area contributed by atoms with Gasteiger partial charge in [0.05, 0.1) is 0 Å². The van der Waals surface area contributed by atoms with Crippen molar-refractivity contribution < 1.29 is 0 Å². The third-order valence-electron chi connectivity index (χ3n) is 3.11. The van der Waals surface area contributed by atoms with Gasteiger partial charge in [-0.25, -0.2) is 0 Å². The summed E-state index contributed by atoms with van der Waals surface area (Å²) < 4.78 is 0. The SMILES string of the molecule is CCC(NCc1cccnc1C)C(C)(C)C.Cl. The van der Waals surface area contributed by atoms with Gasteiger partial charge in [-0.15, -0.1) is 12.4 Å². The molecule has 17 heavy (non-hydrogen) atoms. The van der Waals surface area contributed by atoms with Crippen LogP contribution in [0.3, 0.4) is 0 Å². The van der Waals surface area contributed by atoms with Gasteiger partial charge in [-0.2, -0.15) is 0 Å². The quantitative estimate of drug-likeness (QED) is 0.888. The first kappa shape index (κ1) is 16.4. The van der Waals surface area contributed by atoms with Gasteiger partial charge in [-0.05, 0) is 30.4 Å². The fraction of sp³-hybridized carbons (Fsp3) is 0.643. The first-order chi connectivity index (χ1) is 7.45. The van der Waals surface area contributed by atoms with Crippen molar-refractivity contribution in [1.82, 2.24) is 10.3 Å². The lowest BCUT2D eigenvalue weighted by Crippen LogP contribution is -2.39. The number of hydrogen-bond donors (Lipinski definition) is 1. The van der Waals surface area contributed by atoms with E-state index in [0.29, 0.717) is 11.5 Å². The van der Waals surface area contributed by atoms with Crippen LogP contribution in [0.15, 0.2) is 18.3 Å². The van der Waals surface area contributed by atoms with Crippen LogP contribution >= 0.6 is 12.4 Å². The van der Waals surface area contributed by atoms with Crippen molar-refractivity contribution in [2.45, 2.75) is 53.6 Å². The van der Waals surface area contributed by atoms with Gasteiger partial charge < -0.3 is 5.32 Å². The van der Waals surface area contributed by atoms with Crippen LogP contribution in [-0.4, -0.2) is 11.0 Å². The second-order valence-corrected chi connectivity index (χ2v) is 5.46. The van der Waals surface area contributed by atoms with Gasteiger partial charge in [0.1, 0.15) is 0 Å². The van der Waals surface area contributed by atoms with E-state index >= 15 is 0 Å². The maximum atomic E-state index is 4.31. The molecule has 0 aliphatic carbocycles. The summed E-state index contributed by atoms with van der Waals surface area (Å²) in [4.78, 5) is 4.31. The predicted octanol–water partition coefficient (Wildman–Crippen LogP) is 3.73. The van der Waals surface area contributed by atoms with E-state index in [-0.39, 0.29) is 12.4 Å². The molecule has 2 nitrogen and oxygen atoms in total. The molecule has 0 spiro atoms. The molecule has 3 heteroatoms. The maximum Gasteiger partial charge on any atom is 0.0417 e. The van der Waals surface area contributed by atoms with E-state index in [0.717, 1.165) is 18.7 Å². The predicted molar refractivity (Wildman–Crippen MR) is 76.6 cm³/mol. The minimum absolute atomic E-state index is 0. The summed E-state index contributed by atoms with van der Waals surface area (Å²) in [5.41, 5.74) is 2.73. The van der Waals surface area contributed by atoms with E-state index in [1.54, 1.807) is 0 Å². The molecular weight excluding hydrogens is 232 g/mol. The molecule has 0 bridgehead atoms. The van der Waals surface area contributed by atoms with Gasteiger partial charge in [-0.1, -0.05) is 33.8 Å². The Hall–Kier alpha value is -0.600. The van der Waals surface area contributed by atoms with Crippen LogP contribution in [0.25, 0.3) is 0 Å². The van der Waals surface area contributed by atoms with Crippen molar-refractivity contribution in [3.8, 4) is 0 Å². The molecule has 0 fully saturated rings. The van der Waals surface area contributed by atoms with Crippen molar-refractivity contribution in [3.05, 3.63) is 29.6 Å². The minimum Gasteiger partial charge on any atom is -0.309 e. The summed E-state index contributed by atoms with van der Waals surface area (Å²) >= 11 is 0. The summed E-state index contributed by atoms with van der Waals surface area (Å²) in [6.07, 6.45) is 3.00. The van der Waals surface area contributed by atoms with E-state index in [2.05, 4.69) is 51.0 Å². The standard InChI is InChI=1S/C14H24N2.ClH/c1-6-13(14(3,4)5)16-10-12-8-7-9-15-11(12)2;/h7-9,13,16H,6,10H2,1-5H3;1H. The van der Waals surface area contributed by atoms with Crippen LogP contribution in [0.1, 0.15) is 45.4 Å². The van der Waals surface area contributed by atoms with Gasteiger partial charge in [-0.3, -0.25) is 4.98 Å². The highest BCUT2D eigenvalue weighted by Crippen LogP contribution is 2.22. The van der Waals surface area contributed by atoms with Crippen molar-refractivity contribution in [1.29, 1.82) is 0 Å². The highest BCUT2D eigenvalue weighted by atomic mass is 35.5. The summed E-state index contributed by atoms with van der Waals surface area (Å²) in [6.45, 7) is 12.1. The molecule has 1 heterocycles. The molecule has 1 N–H and O–H groups in total. The smallest absolute Gasteiger partial charge is 0.0417 e. The Kier molecular flexibility index (Phi) is 6.73. The van der Waals surface area contributed by atoms with Gasteiger partial charge in [0.2, 0.25) is 0 Å². The fourth-order valence-corrected chi connectivity index (χ4v) is 2.00. The van der Waals surface area contributed by atoms with Crippen LogP contribution in [0, 0.1) is 12.3 Å². The van der Waals surface area contributed by atoms with E-state index in [4.69, 9.17) is 0 Å². The van der Waals surface area contributed by atoms with E-state index in [1.807, 2.05) is 12.3 Å². The Balaban J connectivity index is 0.00000256. The number of nitrogens with one attached hydrogen (secondary N) is 1. The summed E-state index contributed by atoms with van der Waals surface area (Å²) in [5.74, 6) is 0. The summed E-state index contributed by atoms with van der Waals surface area (Å²) in [7, 11) is 0. The lowest BCUT2D eigenvalue weighted by molar-refractivity contribution is 0.259. The molecule has 98 valence electrons. The van der Waals surface area contributed by atoms with Gasteiger partial charge in [0, 0.05) is 24.5 Å². The molecule has 1 aromatic rings. The van der Waals surface area contributed by atoms with Crippen LogP contribution in [0.5, 0.6) is 0 Å². The fourth-order valence-electron chi connectivity index (χ4n) is 2.00. The van der Waals surface area contributed by atoms with Crippen molar-refractivity contribution in [2.24, 2.45) is 5.41 Å². The van der Waals surface area contributed by atoms with E-state index < -0.39 is 0 Å². The maximum absolute atomic E-state index is 4.31. The zero-order valence-electron chi connectivity index (χ0n) is 11.6. The van der Waals surface area contributed by atoms with Crippen LogP contribution in [-0.2, 0) is 6.54 Å². The molecule has 0 amide bonds. The van der Waals surface area contributed by atoms with Crippen molar-refractivity contribution >= 4 is 12.4 Å². The van der Waals surface area contributed by atoms with Crippen molar-refractivity contribution in [3.63, 3.8) is 0 Å². The average Bonchev–Trinajstić information content (AvgIpc) is 2.19. The zero-order valence-corrected chi connectivity index (χ0v) is 12.4. The average molecular weight is 257 g/mol. The van der Waals surface area contributed by atoms with Crippen LogP contribution in [0.4, 0.5) is 0 Å². The molecule has 0 saturated carbocycles. The normalized spacial score (nSPS) is 13.0. The Labute approximate surface area is 112 Å². The number of aromatic nitrogens is 1. The van der Waals surface area contributed by atoms with E-state index in [9.17, 15) is 0 Å². The number of pyridine rings is 1. The first-order valence-electron chi connectivity index (χ1n) is 6.09. The number of nitrogens with zero attached hydrogens (tertiary/aromatic N) is 1. The number of aryl methyl sites for hydroxylation is 1. The van der Waals surface area contributed by atoms with Crippen LogP contribution < -0.4 is 5.32 Å².